The van der Waals surface area contributed by atoms with Crippen molar-refractivity contribution in [1.82, 2.24) is 0 Å². The molecular weight excluding hydrogens is 202 g/mol. The molecule has 0 saturated carbocycles. The minimum Gasteiger partial charge on any atom is -0.487 e. The molecule has 0 fully saturated rings. The van der Waals surface area contributed by atoms with Crippen LogP contribution >= 0.6 is 0 Å². The number of nitrogens with two attached hydrogens (primary N) is 2. The second-order valence-electron chi connectivity index (χ2n) is 3.69. The van der Waals surface area contributed by atoms with Gasteiger partial charge >= 0.3 is 0 Å². The van der Waals surface area contributed by atoms with Gasteiger partial charge in [0.1, 0.15) is 12.4 Å². The molecule has 1 aliphatic rings. The van der Waals surface area contributed by atoms with Gasteiger partial charge in [0.25, 0.3) is 0 Å². The van der Waals surface area contributed by atoms with E-state index in [0.29, 0.717) is 23.7 Å². The molecule has 0 aliphatic carbocycles. The molecule has 16 heavy (non-hydrogen) atoms. The lowest BCUT2D eigenvalue weighted by atomic mass is 10.2. The summed E-state index contributed by atoms with van der Waals surface area (Å²) in [5.74, 6) is 0.661. The Balaban J connectivity index is 1.99. The molecule has 0 spiro atoms. The van der Waals surface area contributed by atoms with E-state index in [-0.39, 0.29) is 0 Å². The zero-order valence-corrected chi connectivity index (χ0v) is 9.02. The third-order valence-electron chi connectivity index (χ3n) is 2.35. The van der Waals surface area contributed by atoms with E-state index in [1.165, 1.54) is 0 Å². The highest BCUT2D eigenvalue weighted by atomic mass is 16.5. The summed E-state index contributed by atoms with van der Waals surface area (Å²) in [7, 11) is 0. The Morgan fingerprint density at radius 2 is 2.19 bits per heavy atom. The van der Waals surface area contributed by atoms with Crippen LogP contribution in [0.2, 0.25) is 0 Å². The highest BCUT2D eigenvalue weighted by molar-refractivity contribution is 5.79. The van der Waals surface area contributed by atoms with E-state index in [9.17, 15) is 0 Å². The quantitative estimate of drug-likeness (QED) is 0.756. The van der Waals surface area contributed by atoms with Gasteiger partial charge in [0, 0.05) is 24.0 Å². The molecule has 0 bridgehead atoms. The van der Waals surface area contributed by atoms with Gasteiger partial charge in [-0.2, -0.15) is 0 Å². The minimum absolute atomic E-state index is 0.498. The standard InChI is InChI=1S/C12H15N3O/c13-10-3-4-12(11(14)6-10)16-8-9-2-1-5-15-7-9/h2-4,6-7H,1,5,8,13-14H2. The number of ether oxygens (including phenoxy) is 1. The number of nitrogens with zero attached hydrogens (tertiary/aromatic N) is 1. The Morgan fingerprint density at radius 3 is 2.88 bits per heavy atom. The number of aliphatic imine (C=N–C) groups is 1. The Morgan fingerprint density at radius 1 is 1.31 bits per heavy atom. The van der Waals surface area contributed by atoms with Crippen LogP contribution in [-0.2, 0) is 0 Å². The molecule has 84 valence electrons. The highest BCUT2D eigenvalue weighted by Gasteiger charge is 2.03. The number of rotatable bonds is 3. The second-order valence-corrected chi connectivity index (χ2v) is 3.69. The number of nitrogen functional groups attached to an aromatic ring is 2. The first-order valence-corrected chi connectivity index (χ1v) is 5.22. The summed E-state index contributed by atoms with van der Waals surface area (Å²) >= 11 is 0. The molecule has 4 nitrogen and oxygen atoms in total. The van der Waals surface area contributed by atoms with Crippen molar-refractivity contribution in [2.45, 2.75) is 6.42 Å². The Bertz CT molecular complexity index is 438. The van der Waals surface area contributed by atoms with Gasteiger partial charge < -0.3 is 16.2 Å². The van der Waals surface area contributed by atoms with Gasteiger partial charge in [0.2, 0.25) is 0 Å². The lowest BCUT2D eigenvalue weighted by Crippen LogP contribution is -2.07. The normalized spacial score (nSPS) is 14.6. The topological polar surface area (TPSA) is 73.6 Å². The largest absolute Gasteiger partial charge is 0.487 e. The van der Waals surface area contributed by atoms with Crippen molar-refractivity contribution in [2.75, 3.05) is 24.6 Å². The summed E-state index contributed by atoms with van der Waals surface area (Å²) in [5.41, 5.74) is 13.7. The Labute approximate surface area is 94.6 Å². The summed E-state index contributed by atoms with van der Waals surface area (Å²) in [4.78, 5) is 4.18. The van der Waals surface area contributed by atoms with E-state index >= 15 is 0 Å². The molecule has 1 aliphatic heterocycles. The third-order valence-corrected chi connectivity index (χ3v) is 2.35. The maximum Gasteiger partial charge on any atom is 0.142 e. The van der Waals surface area contributed by atoms with Gasteiger partial charge in [-0.1, -0.05) is 6.08 Å². The van der Waals surface area contributed by atoms with E-state index in [1.807, 2.05) is 6.21 Å². The summed E-state index contributed by atoms with van der Waals surface area (Å²) in [6, 6.07) is 5.25. The van der Waals surface area contributed by atoms with E-state index < -0.39 is 0 Å². The van der Waals surface area contributed by atoms with E-state index in [2.05, 4.69) is 11.1 Å². The van der Waals surface area contributed by atoms with Gasteiger partial charge in [0.15, 0.2) is 0 Å². The van der Waals surface area contributed by atoms with Crippen LogP contribution in [0.3, 0.4) is 0 Å². The zero-order valence-electron chi connectivity index (χ0n) is 9.02. The molecular formula is C12H15N3O. The smallest absolute Gasteiger partial charge is 0.142 e. The van der Waals surface area contributed by atoms with Gasteiger partial charge in [-0.25, -0.2) is 0 Å². The van der Waals surface area contributed by atoms with Crippen molar-refractivity contribution in [1.29, 1.82) is 0 Å². The first-order chi connectivity index (χ1) is 7.75. The van der Waals surface area contributed by atoms with Gasteiger partial charge in [-0.05, 0) is 24.6 Å². The summed E-state index contributed by atoms with van der Waals surface area (Å²) in [6.45, 7) is 1.37. The van der Waals surface area contributed by atoms with Crippen LogP contribution in [-0.4, -0.2) is 19.4 Å². The average molecular weight is 217 g/mol. The fourth-order valence-corrected chi connectivity index (χ4v) is 1.51. The zero-order chi connectivity index (χ0) is 11.4. The van der Waals surface area contributed by atoms with Crippen LogP contribution in [0.25, 0.3) is 0 Å². The van der Waals surface area contributed by atoms with Crippen molar-refractivity contribution in [3.05, 3.63) is 29.8 Å². The van der Waals surface area contributed by atoms with Crippen molar-refractivity contribution >= 4 is 17.6 Å². The molecule has 4 N–H and O–H groups in total. The number of anilines is 2. The van der Waals surface area contributed by atoms with E-state index in [4.69, 9.17) is 16.2 Å². The number of dihydropyridines is 1. The maximum absolute atomic E-state index is 5.78. The average Bonchev–Trinajstić information content (AvgIpc) is 2.29. The fourth-order valence-electron chi connectivity index (χ4n) is 1.51. The van der Waals surface area contributed by atoms with Crippen LogP contribution in [0.4, 0.5) is 11.4 Å². The molecule has 0 atom stereocenters. The Hall–Kier alpha value is -1.97. The lowest BCUT2D eigenvalue weighted by Gasteiger charge is -2.11. The van der Waals surface area contributed by atoms with Crippen molar-refractivity contribution < 1.29 is 4.74 Å². The Kier molecular flexibility index (Phi) is 3.10. The molecule has 1 aromatic rings. The predicted molar refractivity (Wildman–Crippen MR) is 66.8 cm³/mol. The lowest BCUT2D eigenvalue weighted by molar-refractivity contribution is 0.359. The molecule has 0 radical (unpaired) electrons. The molecule has 0 aromatic heterocycles. The monoisotopic (exact) mass is 217 g/mol. The first-order valence-electron chi connectivity index (χ1n) is 5.22. The molecule has 0 saturated heterocycles. The van der Waals surface area contributed by atoms with Crippen LogP contribution in [0.5, 0.6) is 5.75 Å². The van der Waals surface area contributed by atoms with Crippen LogP contribution in [0.1, 0.15) is 6.42 Å². The summed E-state index contributed by atoms with van der Waals surface area (Å²) in [6.07, 6.45) is 4.95. The van der Waals surface area contributed by atoms with E-state index in [1.54, 1.807) is 18.2 Å². The molecule has 1 aromatic carbocycles. The fraction of sp³-hybridized carbons (Fsp3) is 0.250. The van der Waals surface area contributed by atoms with Gasteiger partial charge in [0.05, 0.1) is 5.69 Å². The molecule has 0 unspecified atom stereocenters. The summed E-state index contributed by atoms with van der Waals surface area (Å²) in [5, 5.41) is 0. The first kappa shape index (κ1) is 10.5. The van der Waals surface area contributed by atoms with Crippen molar-refractivity contribution in [2.24, 2.45) is 4.99 Å². The third kappa shape index (κ3) is 2.53. The van der Waals surface area contributed by atoms with Crippen LogP contribution in [0.15, 0.2) is 34.8 Å². The van der Waals surface area contributed by atoms with Crippen LogP contribution < -0.4 is 16.2 Å². The van der Waals surface area contributed by atoms with Crippen LogP contribution in [0, 0.1) is 0 Å². The number of benzene rings is 1. The molecule has 1 heterocycles. The highest BCUT2D eigenvalue weighted by Crippen LogP contribution is 2.23. The minimum atomic E-state index is 0.498. The molecule has 2 rings (SSSR count). The number of hydrogen-bond acceptors (Lipinski definition) is 4. The maximum atomic E-state index is 5.78. The molecule has 0 amide bonds. The summed E-state index contributed by atoms with van der Waals surface area (Å²) < 4.78 is 5.59. The van der Waals surface area contributed by atoms with Gasteiger partial charge in [-0.15, -0.1) is 0 Å². The van der Waals surface area contributed by atoms with Gasteiger partial charge in [-0.3, -0.25) is 4.99 Å². The molecule has 4 heteroatoms. The number of hydrogen-bond donors (Lipinski definition) is 2. The van der Waals surface area contributed by atoms with Crippen molar-refractivity contribution in [3.63, 3.8) is 0 Å². The van der Waals surface area contributed by atoms with E-state index in [0.717, 1.165) is 18.5 Å². The predicted octanol–water partition coefficient (Wildman–Crippen LogP) is 1.63. The SMILES string of the molecule is Nc1ccc(OCC2=CCCN=C2)c(N)c1. The van der Waals surface area contributed by atoms with Crippen molar-refractivity contribution in [3.8, 4) is 5.75 Å². The second kappa shape index (κ2) is 4.70.